The normalized spacial score (nSPS) is 18.4. The van der Waals surface area contributed by atoms with Gasteiger partial charge in [0, 0.05) is 29.7 Å². The first kappa shape index (κ1) is 22.8. The predicted molar refractivity (Wildman–Crippen MR) is 123 cm³/mol. The van der Waals surface area contributed by atoms with E-state index in [0.717, 1.165) is 24.8 Å². The summed E-state index contributed by atoms with van der Waals surface area (Å²) >= 11 is 6.18. The molecule has 3 amide bonds. The fraction of sp³-hybridized carbons (Fsp3) is 0.375. The summed E-state index contributed by atoms with van der Waals surface area (Å²) in [4.78, 5) is 39.0. The third-order valence-corrected chi connectivity index (χ3v) is 5.79. The molecule has 2 aromatic rings. The van der Waals surface area contributed by atoms with Crippen molar-refractivity contribution in [3.05, 3.63) is 58.6 Å². The summed E-state index contributed by atoms with van der Waals surface area (Å²) in [6.07, 6.45) is 3.18. The zero-order chi connectivity index (χ0) is 22.5. The first-order chi connectivity index (χ1) is 14.7. The molecule has 2 N–H and O–H groups in total. The number of carbonyl (C=O) groups excluding carboxylic acids is 3. The molecule has 6 nitrogen and oxygen atoms in total. The summed E-state index contributed by atoms with van der Waals surface area (Å²) < 4.78 is 0. The van der Waals surface area contributed by atoms with Gasteiger partial charge in [-0.25, -0.2) is 0 Å². The minimum atomic E-state index is -0.233. The molecule has 2 aromatic carbocycles. The Labute approximate surface area is 188 Å². The SMILES string of the molecule is CC(=O)Nc1ccc(CC(=O)Nc2ccc(Cl)cc2C(=O)N2C(C)CCCC2C)cc1. The van der Waals surface area contributed by atoms with Gasteiger partial charge >= 0.3 is 0 Å². The summed E-state index contributed by atoms with van der Waals surface area (Å²) in [6.45, 7) is 5.56. The molecule has 1 aliphatic rings. The van der Waals surface area contributed by atoms with Crippen molar-refractivity contribution in [2.45, 2.75) is 58.5 Å². The van der Waals surface area contributed by atoms with Crippen LogP contribution in [0.15, 0.2) is 42.5 Å². The lowest BCUT2D eigenvalue weighted by Crippen LogP contribution is -2.47. The van der Waals surface area contributed by atoms with Crippen molar-refractivity contribution in [3.63, 3.8) is 0 Å². The summed E-state index contributed by atoms with van der Waals surface area (Å²) in [6, 6.07) is 12.3. The maximum Gasteiger partial charge on any atom is 0.256 e. The molecule has 0 saturated carbocycles. The summed E-state index contributed by atoms with van der Waals surface area (Å²) in [5.74, 6) is -0.497. The smallest absolute Gasteiger partial charge is 0.256 e. The zero-order valence-corrected chi connectivity index (χ0v) is 18.8. The molecule has 3 rings (SSSR count). The lowest BCUT2D eigenvalue weighted by atomic mass is 9.96. The van der Waals surface area contributed by atoms with Crippen LogP contribution in [0.3, 0.4) is 0 Å². The first-order valence-corrected chi connectivity index (χ1v) is 10.9. The Balaban J connectivity index is 1.75. The number of nitrogens with zero attached hydrogens (tertiary/aromatic N) is 1. The van der Waals surface area contributed by atoms with Crippen LogP contribution in [0.1, 0.15) is 56.0 Å². The molecule has 2 unspecified atom stereocenters. The molecule has 0 radical (unpaired) electrons. The fourth-order valence-corrected chi connectivity index (χ4v) is 4.22. The molecule has 1 fully saturated rings. The summed E-state index contributed by atoms with van der Waals surface area (Å²) in [5, 5.41) is 6.01. The number of piperidine rings is 1. The Bertz CT molecular complexity index is 965. The number of anilines is 2. The second-order valence-electron chi connectivity index (χ2n) is 8.13. The van der Waals surface area contributed by atoms with Crippen LogP contribution in [-0.4, -0.2) is 34.7 Å². The molecule has 0 bridgehead atoms. The van der Waals surface area contributed by atoms with Crippen molar-refractivity contribution < 1.29 is 14.4 Å². The third-order valence-electron chi connectivity index (χ3n) is 5.55. The highest BCUT2D eigenvalue weighted by molar-refractivity contribution is 6.31. The average molecular weight is 442 g/mol. The van der Waals surface area contributed by atoms with E-state index in [4.69, 9.17) is 11.6 Å². The van der Waals surface area contributed by atoms with Gasteiger partial charge in [0.2, 0.25) is 11.8 Å². The van der Waals surface area contributed by atoms with E-state index in [1.54, 1.807) is 42.5 Å². The maximum absolute atomic E-state index is 13.3. The van der Waals surface area contributed by atoms with Gasteiger partial charge in [0.05, 0.1) is 17.7 Å². The number of halogens is 1. The van der Waals surface area contributed by atoms with E-state index in [1.165, 1.54) is 6.92 Å². The van der Waals surface area contributed by atoms with Crippen LogP contribution in [0.2, 0.25) is 5.02 Å². The van der Waals surface area contributed by atoms with E-state index in [2.05, 4.69) is 24.5 Å². The molecular formula is C24H28ClN3O3. The molecule has 1 heterocycles. The van der Waals surface area contributed by atoms with Crippen molar-refractivity contribution in [2.75, 3.05) is 10.6 Å². The van der Waals surface area contributed by atoms with Crippen LogP contribution >= 0.6 is 11.6 Å². The highest BCUT2D eigenvalue weighted by atomic mass is 35.5. The van der Waals surface area contributed by atoms with Gasteiger partial charge in [0.1, 0.15) is 0 Å². The van der Waals surface area contributed by atoms with Crippen molar-refractivity contribution in [1.29, 1.82) is 0 Å². The number of carbonyl (C=O) groups is 3. The van der Waals surface area contributed by atoms with Crippen LogP contribution in [0.25, 0.3) is 0 Å². The highest BCUT2D eigenvalue weighted by Gasteiger charge is 2.31. The standard InChI is InChI=1S/C24H28ClN3O3/c1-15-5-4-6-16(2)28(15)24(31)21-14-19(25)9-12-22(21)27-23(30)13-18-7-10-20(11-8-18)26-17(3)29/h7-12,14-16H,4-6,13H2,1-3H3,(H,26,29)(H,27,30). The molecule has 2 atom stereocenters. The molecule has 0 aliphatic carbocycles. The Morgan fingerprint density at radius 2 is 1.65 bits per heavy atom. The zero-order valence-electron chi connectivity index (χ0n) is 18.1. The predicted octanol–water partition coefficient (Wildman–Crippen LogP) is 4.88. The molecular weight excluding hydrogens is 414 g/mol. The van der Waals surface area contributed by atoms with E-state index < -0.39 is 0 Å². The highest BCUT2D eigenvalue weighted by Crippen LogP contribution is 2.29. The molecule has 1 saturated heterocycles. The van der Waals surface area contributed by atoms with E-state index in [1.807, 2.05) is 4.90 Å². The second kappa shape index (κ2) is 9.96. The topological polar surface area (TPSA) is 78.5 Å². The van der Waals surface area contributed by atoms with Crippen LogP contribution in [0, 0.1) is 0 Å². The molecule has 31 heavy (non-hydrogen) atoms. The van der Waals surface area contributed by atoms with Crippen molar-refractivity contribution >= 4 is 40.7 Å². The van der Waals surface area contributed by atoms with Crippen LogP contribution in [0.5, 0.6) is 0 Å². The molecule has 0 aromatic heterocycles. The summed E-state index contributed by atoms with van der Waals surface area (Å²) in [7, 11) is 0. The van der Waals surface area contributed by atoms with E-state index in [0.29, 0.717) is 22.0 Å². The molecule has 1 aliphatic heterocycles. The van der Waals surface area contributed by atoms with Crippen LogP contribution < -0.4 is 10.6 Å². The lowest BCUT2D eigenvalue weighted by molar-refractivity contribution is -0.116. The van der Waals surface area contributed by atoms with Crippen molar-refractivity contribution in [1.82, 2.24) is 4.90 Å². The van der Waals surface area contributed by atoms with Gasteiger partial charge in [0.25, 0.3) is 5.91 Å². The Hall–Kier alpha value is -2.86. The van der Waals surface area contributed by atoms with E-state index in [9.17, 15) is 14.4 Å². The Kier molecular flexibility index (Phi) is 7.33. The maximum atomic E-state index is 13.3. The average Bonchev–Trinajstić information content (AvgIpc) is 2.70. The van der Waals surface area contributed by atoms with E-state index >= 15 is 0 Å². The summed E-state index contributed by atoms with van der Waals surface area (Å²) in [5.41, 5.74) is 2.33. The van der Waals surface area contributed by atoms with Gasteiger partial charge in [-0.1, -0.05) is 23.7 Å². The van der Waals surface area contributed by atoms with Gasteiger partial charge in [-0.2, -0.15) is 0 Å². The molecule has 164 valence electrons. The Morgan fingerprint density at radius 3 is 2.26 bits per heavy atom. The molecule has 0 spiro atoms. The Morgan fingerprint density at radius 1 is 1.00 bits per heavy atom. The van der Waals surface area contributed by atoms with Gasteiger partial charge in [-0.05, 0) is 69.0 Å². The number of hydrogen-bond acceptors (Lipinski definition) is 3. The van der Waals surface area contributed by atoms with Crippen molar-refractivity contribution in [3.8, 4) is 0 Å². The van der Waals surface area contributed by atoms with Gasteiger partial charge < -0.3 is 15.5 Å². The minimum Gasteiger partial charge on any atom is -0.333 e. The number of likely N-dealkylation sites (tertiary alicyclic amines) is 1. The first-order valence-electron chi connectivity index (χ1n) is 10.5. The lowest BCUT2D eigenvalue weighted by Gasteiger charge is -2.39. The van der Waals surface area contributed by atoms with Gasteiger partial charge in [0.15, 0.2) is 0 Å². The minimum absolute atomic E-state index is 0.114. The number of hydrogen-bond donors (Lipinski definition) is 2. The largest absolute Gasteiger partial charge is 0.333 e. The monoisotopic (exact) mass is 441 g/mol. The fourth-order valence-electron chi connectivity index (χ4n) is 4.05. The van der Waals surface area contributed by atoms with E-state index in [-0.39, 0.29) is 36.2 Å². The van der Waals surface area contributed by atoms with Gasteiger partial charge in [-0.15, -0.1) is 0 Å². The number of nitrogens with one attached hydrogen (secondary N) is 2. The number of amides is 3. The van der Waals surface area contributed by atoms with Crippen LogP contribution in [0.4, 0.5) is 11.4 Å². The number of benzene rings is 2. The number of rotatable bonds is 5. The van der Waals surface area contributed by atoms with Gasteiger partial charge in [-0.3, -0.25) is 14.4 Å². The third kappa shape index (κ3) is 5.85. The van der Waals surface area contributed by atoms with Crippen LogP contribution in [-0.2, 0) is 16.0 Å². The molecule has 7 heteroatoms. The second-order valence-corrected chi connectivity index (χ2v) is 8.57. The quantitative estimate of drug-likeness (QED) is 0.693. The van der Waals surface area contributed by atoms with Crippen molar-refractivity contribution in [2.24, 2.45) is 0 Å².